The number of thioether (sulfide) groups is 1. The molecule has 0 aromatic carbocycles. The number of phosphoric acid groups is 3. The predicted molar refractivity (Wildman–Crippen MR) is 247 cm³/mol. The lowest BCUT2D eigenvalue weighted by Gasteiger charge is -2.30. The normalized spacial score (nSPS) is 20.1. The summed E-state index contributed by atoms with van der Waals surface area (Å²) in [5.74, 6) is -1.02. The first-order valence-electron chi connectivity index (χ1n) is 22.6. The van der Waals surface area contributed by atoms with Crippen LogP contribution in [0.3, 0.4) is 0 Å². The van der Waals surface area contributed by atoms with Crippen molar-refractivity contribution in [3.8, 4) is 0 Å². The summed E-state index contributed by atoms with van der Waals surface area (Å²) in [6, 6.07) is 0. The minimum atomic E-state index is -5.57. The first kappa shape index (κ1) is 58.9. The van der Waals surface area contributed by atoms with Crippen molar-refractivity contribution in [1.29, 1.82) is 0 Å². The summed E-state index contributed by atoms with van der Waals surface area (Å²) >= 11 is 1.16. The Kier molecular flexibility index (Phi) is 25.5. The minimum absolute atomic E-state index is 0.0340. The Bertz CT molecular complexity index is 2000. The van der Waals surface area contributed by atoms with E-state index in [0.29, 0.717) is 12.2 Å². The van der Waals surface area contributed by atoms with Crippen LogP contribution in [0.15, 0.2) is 12.7 Å². The Hall–Kier alpha value is -2.44. The molecule has 1 aliphatic heterocycles. The molecule has 3 heterocycles. The second-order valence-electron chi connectivity index (χ2n) is 17.0. The van der Waals surface area contributed by atoms with Crippen molar-refractivity contribution in [2.24, 2.45) is 5.41 Å². The second-order valence-corrected chi connectivity index (χ2v) is 22.4. The molecule has 2 aromatic rings. The zero-order chi connectivity index (χ0) is 49.7. The van der Waals surface area contributed by atoms with E-state index in [9.17, 15) is 57.9 Å². The molecule has 28 heteroatoms. The van der Waals surface area contributed by atoms with E-state index >= 15 is 0 Å². The monoisotopic (exact) mass is 1030 g/mol. The van der Waals surface area contributed by atoms with E-state index in [1.165, 1.54) is 90.9 Å². The van der Waals surface area contributed by atoms with Crippen LogP contribution < -0.4 is 16.4 Å². The van der Waals surface area contributed by atoms with Crippen molar-refractivity contribution in [2.45, 2.75) is 161 Å². The van der Waals surface area contributed by atoms with E-state index in [-0.39, 0.29) is 41.6 Å². The number of imidazole rings is 1. The van der Waals surface area contributed by atoms with Gasteiger partial charge in [-0.25, -0.2) is 28.6 Å². The van der Waals surface area contributed by atoms with Crippen LogP contribution in [0.4, 0.5) is 5.82 Å². The standard InChI is InChI=1S/C39H70N7O17P3S/c1-4-5-6-7-8-9-10-11-12-13-14-15-16-17-18-19-30(48)67-23-22-41-29(47)20-21-42-37(51)34(50)39(2,3)25-60-66(57,58)63-65(55,56)59-24-28-33(62-64(52,53)54)32(49)38(61-28)46-27-45-31-35(40)43-26-44-36(31)46/h26-28,32-34,38,49-50H,4-25H2,1-3H3,(H,41,47)(H,42,51)(H,55,56)(H,57,58)(H2,40,43,44)(H2,52,53,54)/t28-,32+,33?,34+,38-/m1/s1. The third-order valence-electron chi connectivity index (χ3n) is 10.7. The number of nitrogens with zero attached hydrogens (tertiary/aromatic N) is 4. The average Bonchev–Trinajstić information content (AvgIpc) is 3.81. The number of hydrogen-bond donors (Lipinski definition) is 9. The van der Waals surface area contributed by atoms with Crippen LogP contribution in [0.2, 0.25) is 0 Å². The zero-order valence-corrected chi connectivity index (χ0v) is 41.9. The summed E-state index contributed by atoms with van der Waals surface area (Å²) in [6.07, 6.45) is 12.3. The highest BCUT2D eigenvalue weighted by Crippen LogP contribution is 2.61. The molecule has 1 aliphatic rings. The number of nitrogens with one attached hydrogen (secondary N) is 2. The summed E-state index contributed by atoms with van der Waals surface area (Å²) in [6.45, 7) is 2.82. The number of nitrogens with two attached hydrogens (primary N) is 1. The lowest BCUT2D eigenvalue weighted by atomic mass is 9.87. The number of amides is 2. The van der Waals surface area contributed by atoms with Crippen molar-refractivity contribution in [1.82, 2.24) is 30.2 Å². The second kappa shape index (κ2) is 29.0. The fourth-order valence-corrected chi connectivity index (χ4v) is 10.6. The van der Waals surface area contributed by atoms with Gasteiger partial charge in [0.2, 0.25) is 11.8 Å². The maximum absolute atomic E-state index is 12.7. The van der Waals surface area contributed by atoms with Gasteiger partial charge in [0.05, 0.1) is 19.5 Å². The molecule has 10 N–H and O–H groups in total. The fraction of sp³-hybridized carbons (Fsp3) is 0.795. The van der Waals surface area contributed by atoms with E-state index in [2.05, 4.69) is 41.3 Å². The van der Waals surface area contributed by atoms with Crippen molar-refractivity contribution >= 4 is 69.1 Å². The molecule has 0 saturated carbocycles. The summed E-state index contributed by atoms with van der Waals surface area (Å²) < 4.78 is 62.4. The molecule has 3 unspecified atom stereocenters. The summed E-state index contributed by atoms with van der Waals surface area (Å²) in [5, 5.41) is 26.7. The van der Waals surface area contributed by atoms with Crippen LogP contribution in [-0.2, 0) is 50.7 Å². The number of aromatic nitrogens is 4. The van der Waals surface area contributed by atoms with Gasteiger partial charge in [0.15, 0.2) is 22.8 Å². The first-order valence-corrected chi connectivity index (χ1v) is 28.1. The number of carbonyl (C=O) groups is 3. The molecule has 2 amide bonds. The molecule has 0 bridgehead atoms. The highest BCUT2D eigenvalue weighted by Gasteiger charge is 2.50. The van der Waals surface area contributed by atoms with Gasteiger partial charge in [-0.1, -0.05) is 122 Å². The quantitative estimate of drug-likeness (QED) is 0.0326. The van der Waals surface area contributed by atoms with Crippen molar-refractivity contribution in [3.05, 3.63) is 12.7 Å². The maximum atomic E-state index is 12.7. The van der Waals surface area contributed by atoms with Gasteiger partial charge in [0.1, 0.15) is 36.3 Å². The van der Waals surface area contributed by atoms with Crippen LogP contribution in [0, 0.1) is 5.41 Å². The van der Waals surface area contributed by atoms with Gasteiger partial charge < -0.3 is 50.9 Å². The van der Waals surface area contributed by atoms with Gasteiger partial charge in [-0.2, -0.15) is 4.31 Å². The predicted octanol–water partition coefficient (Wildman–Crippen LogP) is 4.93. The molecule has 1 saturated heterocycles. The van der Waals surface area contributed by atoms with Gasteiger partial charge in [0, 0.05) is 37.1 Å². The largest absolute Gasteiger partial charge is 0.481 e. The van der Waals surface area contributed by atoms with Crippen molar-refractivity contribution < 1.29 is 80.5 Å². The van der Waals surface area contributed by atoms with Crippen molar-refractivity contribution in [3.63, 3.8) is 0 Å². The molecule has 67 heavy (non-hydrogen) atoms. The molecule has 384 valence electrons. The molecule has 2 aromatic heterocycles. The molecular weight excluding hydrogens is 963 g/mol. The molecule has 0 spiro atoms. The molecule has 0 aliphatic carbocycles. The van der Waals surface area contributed by atoms with Crippen LogP contribution in [0.1, 0.15) is 136 Å². The Morgan fingerprint density at radius 2 is 1.43 bits per heavy atom. The third kappa shape index (κ3) is 22.0. The van der Waals surface area contributed by atoms with E-state index < -0.39 is 84.6 Å². The van der Waals surface area contributed by atoms with Crippen LogP contribution in [0.25, 0.3) is 11.2 Å². The zero-order valence-electron chi connectivity index (χ0n) is 38.4. The van der Waals surface area contributed by atoms with Gasteiger partial charge in [0.25, 0.3) is 0 Å². The Morgan fingerprint density at radius 1 is 0.851 bits per heavy atom. The number of phosphoric ester groups is 3. The smallest absolute Gasteiger partial charge is 0.386 e. The van der Waals surface area contributed by atoms with Gasteiger partial charge in [-0.3, -0.25) is 32.5 Å². The summed E-state index contributed by atoms with van der Waals surface area (Å²) in [5.41, 5.74) is 4.29. The summed E-state index contributed by atoms with van der Waals surface area (Å²) in [4.78, 5) is 88.4. The summed E-state index contributed by atoms with van der Waals surface area (Å²) in [7, 11) is -16.4. The van der Waals surface area contributed by atoms with E-state index in [0.717, 1.165) is 48.2 Å². The number of aliphatic hydroxyl groups excluding tert-OH is 2. The average molecular weight is 1030 g/mol. The number of ether oxygens (including phenoxy) is 1. The lowest BCUT2D eigenvalue weighted by molar-refractivity contribution is -0.137. The fourth-order valence-electron chi connectivity index (χ4n) is 7.01. The lowest BCUT2D eigenvalue weighted by Crippen LogP contribution is -2.46. The minimum Gasteiger partial charge on any atom is -0.386 e. The number of hydrogen-bond acceptors (Lipinski definition) is 18. The van der Waals surface area contributed by atoms with E-state index in [1.807, 2.05) is 0 Å². The molecule has 7 atom stereocenters. The van der Waals surface area contributed by atoms with Gasteiger partial charge in [-0.05, 0) is 6.42 Å². The van der Waals surface area contributed by atoms with Crippen LogP contribution >= 0.6 is 35.2 Å². The topological polar surface area (TPSA) is 364 Å². The number of nitrogen functional groups attached to an aromatic ring is 1. The number of rotatable bonds is 35. The number of aliphatic hydroxyl groups is 2. The number of fused-ring (bicyclic) bond motifs is 1. The number of unbranched alkanes of at least 4 members (excludes halogenated alkanes) is 14. The highest BCUT2D eigenvalue weighted by atomic mass is 32.2. The first-order chi connectivity index (χ1) is 31.6. The van der Waals surface area contributed by atoms with Crippen LogP contribution in [0.5, 0.6) is 0 Å². The van der Waals surface area contributed by atoms with Gasteiger partial charge >= 0.3 is 23.5 Å². The SMILES string of the molecule is CCCCCCCCCCCCCCCCCC(=O)SCCNC(=O)CCNC(=O)[C@H](O)C(C)(C)COP(=O)(O)OP(=O)(O)OC[C@H]1O[C@@H](n2cnc3c(N)ncnc32)[C@@H](O)C1OP(=O)(O)O. The van der Waals surface area contributed by atoms with Crippen molar-refractivity contribution in [2.75, 3.05) is 37.8 Å². The molecule has 0 radical (unpaired) electrons. The third-order valence-corrected chi connectivity index (χ3v) is 14.8. The molecule has 1 fully saturated rings. The Balaban J connectivity index is 1.30. The molecular formula is C39H70N7O17P3S. The Labute approximate surface area is 395 Å². The maximum Gasteiger partial charge on any atom is 0.481 e. The highest BCUT2D eigenvalue weighted by molar-refractivity contribution is 8.13. The van der Waals surface area contributed by atoms with E-state index in [1.54, 1.807) is 0 Å². The Morgan fingerprint density at radius 3 is 2.03 bits per heavy atom. The number of carbonyl (C=O) groups excluding carboxylic acids is 3. The van der Waals surface area contributed by atoms with Gasteiger partial charge in [-0.15, -0.1) is 0 Å². The number of anilines is 1. The van der Waals surface area contributed by atoms with Crippen LogP contribution in [-0.4, -0.2) is 123 Å². The molecule has 3 rings (SSSR count). The van der Waals surface area contributed by atoms with E-state index in [4.69, 9.17) is 19.5 Å². The molecule has 24 nitrogen and oxygen atoms in total.